The maximum atomic E-state index is 4.19. The maximum absolute atomic E-state index is 4.19. The molecule has 7 heteroatoms. The van der Waals surface area contributed by atoms with Crippen LogP contribution in [-0.4, -0.2) is 35.5 Å². The van der Waals surface area contributed by atoms with E-state index in [-0.39, 0.29) is 0 Å². The molecule has 0 saturated carbocycles. The predicted molar refractivity (Wildman–Crippen MR) is 68.7 cm³/mol. The van der Waals surface area contributed by atoms with Gasteiger partial charge in [-0.05, 0) is 18.2 Å². The first-order chi connectivity index (χ1) is 9.40. The maximum Gasteiger partial charge on any atom is 0.0762 e. The van der Waals surface area contributed by atoms with Crippen LogP contribution in [0.15, 0.2) is 36.8 Å². The van der Waals surface area contributed by atoms with Gasteiger partial charge in [0.25, 0.3) is 0 Å². The molecule has 0 radical (unpaired) electrons. The topological polar surface area (TPSA) is 89.3 Å². The Bertz CT molecular complexity index is 481. The van der Waals surface area contributed by atoms with E-state index in [1.54, 1.807) is 0 Å². The Hall–Kier alpha value is -2.41. The molecule has 7 nitrogen and oxygen atoms in total. The highest BCUT2D eigenvalue weighted by atomic mass is 15.2. The standard InChI is InChI=1S/C12H15N7/c1-4-13-16-10(1)7-19(8-11-2-5-14-17-11)9-12-3-6-15-18-12/h1-6H,7-9H2,(H,13,16)(H,14,17)(H,15,18). The van der Waals surface area contributed by atoms with Gasteiger partial charge in [0.1, 0.15) is 0 Å². The fourth-order valence-electron chi connectivity index (χ4n) is 1.99. The van der Waals surface area contributed by atoms with Crippen molar-refractivity contribution in [2.45, 2.75) is 19.6 Å². The third-order valence-electron chi connectivity index (χ3n) is 2.83. The fourth-order valence-corrected chi connectivity index (χ4v) is 1.99. The van der Waals surface area contributed by atoms with Crippen LogP contribution in [0.25, 0.3) is 0 Å². The van der Waals surface area contributed by atoms with Gasteiger partial charge in [0, 0.05) is 38.2 Å². The predicted octanol–water partition coefficient (Wildman–Crippen LogP) is 1.06. The Morgan fingerprint density at radius 3 is 1.32 bits per heavy atom. The van der Waals surface area contributed by atoms with Crippen molar-refractivity contribution in [2.75, 3.05) is 0 Å². The molecule has 0 aromatic carbocycles. The van der Waals surface area contributed by atoms with Gasteiger partial charge in [-0.15, -0.1) is 0 Å². The van der Waals surface area contributed by atoms with Crippen LogP contribution in [0.5, 0.6) is 0 Å². The molecule has 0 aliphatic carbocycles. The van der Waals surface area contributed by atoms with Crippen LogP contribution in [0.4, 0.5) is 0 Å². The Labute approximate surface area is 110 Å². The number of hydrogen-bond acceptors (Lipinski definition) is 4. The zero-order chi connectivity index (χ0) is 12.9. The lowest BCUT2D eigenvalue weighted by molar-refractivity contribution is 0.238. The zero-order valence-corrected chi connectivity index (χ0v) is 10.4. The highest BCUT2D eigenvalue weighted by Crippen LogP contribution is 2.10. The summed E-state index contributed by atoms with van der Waals surface area (Å²) in [7, 11) is 0. The van der Waals surface area contributed by atoms with E-state index >= 15 is 0 Å². The second-order valence-corrected chi connectivity index (χ2v) is 4.34. The van der Waals surface area contributed by atoms with Crippen molar-refractivity contribution in [1.29, 1.82) is 0 Å². The molecule has 3 rings (SSSR count). The normalized spacial score (nSPS) is 11.2. The molecule has 3 heterocycles. The fraction of sp³-hybridized carbons (Fsp3) is 0.250. The summed E-state index contributed by atoms with van der Waals surface area (Å²) in [5.74, 6) is 0. The third-order valence-corrected chi connectivity index (χ3v) is 2.83. The molecule has 3 aromatic heterocycles. The lowest BCUT2D eigenvalue weighted by Crippen LogP contribution is -2.23. The summed E-state index contributed by atoms with van der Waals surface area (Å²) in [6.45, 7) is 2.26. The first-order valence-electron chi connectivity index (χ1n) is 6.08. The van der Waals surface area contributed by atoms with Crippen molar-refractivity contribution in [2.24, 2.45) is 0 Å². The van der Waals surface area contributed by atoms with E-state index in [1.807, 2.05) is 36.8 Å². The highest BCUT2D eigenvalue weighted by Gasteiger charge is 2.11. The van der Waals surface area contributed by atoms with Gasteiger partial charge in [-0.3, -0.25) is 20.2 Å². The van der Waals surface area contributed by atoms with E-state index in [1.165, 1.54) is 0 Å². The highest BCUT2D eigenvalue weighted by molar-refractivity contribution is 5.03. The number of nitrogens with one attached hydrogen (secondary N) is 3. The van der Waals surface area contributed by atoms with Crippen molar-refractivity contribution in [3.63, 3.8) is 0 Å². The molecule has 0 fully saturated rings. The first kappa shape index (κ1) is 11.7. The van der Waals surface area contributed by atoms with E-state index in [4.69, 9.17) is 0 Å². The average Bonchev–Trinajstić information content (AvgIpc) is 3.10. The molecule has 0 bridgehead atoms. The van der Waals surface area contributed by atoms with Crippen molar-refractivity contribution >= 4 is 0 Å². The largest absolute Gasteiger partial charge is 0.286 e. The van der Waals surface area contributed by atoms with Crippen LogP contribution in [-0.2, 0) is 19.6 Å². The van der Waals surface area contributed by atoms with E-state index in [0.717, 1.165) is 36.7 Å². The average molecular weight is 257 g/mol. The van der Waals surface area contributed by atoms with Crippen molar-refractivity contribution in [3.8, 4) is 0 Å². The van der Waals surface area contributed by atoms with Crippen LogP contribution in [0.3, 0.4) is 0 Å². The summed E-state index contributed by atoms with van der Waals surface area (Å²) < 4.78 is 0. The third kappa shape index (κ3) is 3.08. The molecule has 0 aliphatic rings. The SMILES string of the molecule is c1cc(CN(Cc2cc[nH]n2)Cc2cc[nH]n2)n[nH]1. The summed E-state index contributed by atoms with van der Waals surface area (Å²) in [5, 5.41) is 21.1. The summed E-state index contributed by atoms with van der Waals surface area (Å²) in [4.78, 5) is 2.24. The minimum atomic E-state index is 0.753. The summed E-state index contributed by atoms with van der Waals surface area (Å²) in [5.41, 5.74) is 3.02. The van der Waals surface area contributed by atoms with E-state index < -0.39 is 0 Å². The number of hydrogen-bond donors (Lipinski definition) is 3. The molecular weight excluding hydrogens is 242 g/mol. The van der Waals surface area contributed by atoms with Gasteiger partial charge in [-0.1, -0.05) is 0 Å². The smallest absolute Gasteiger partial charge is 0.0762 e. The number of nitrogens with zero attached hydrogens (tertiary/aromatic N) is 4. The molecular formula is C12H15N7. The second-order valence-electron chi connectivity index (χ2n) is 4.34. The summed E-state index contributed by atoms with van der Waals surface area (Å²) >= 11 is 0. The molecule has 0 amide bonds. The molecule has 0 spiro atoms. The lowest BCUT2D eigenvalue weighted by atomic mass is 10.3. The molecule has 0 atom stereocenters. The minimum Gasteiger partial charge on any atom is -0.286 e. The summed E-state index contributed by atoms with van der Waals surface area (Å²) in [6, 6.07) is 5.92. The van der Waals surface area contributed by atoms with Gasteiger partial charge >= 0.3 is 0 Å². The molecule has 3 N–H and O–H groups in total. The quantitative estimate of drug-likeness (QED) is 0.616. The molecule has 98 valence electrons. The van der Waals surface area contributed by atoms with Crippen LogP contribution >= 0.6 is 0 Å². The van der Waals surface area contributed by atoms with Gasteiger partial charge in [0.05, 0.1) is 17.1 Å². The molecule has 0 unspecified atom stereocenters. The minimum absolute atomic E-state index is 0.753. The second kappa shape index (κ2) is 5.49. The molecule has 3 aromatic rings. The van der Waals surface area contributed by atoms with Crippen molar-refractivity contribution in [3.05, 3.63) is 53.9 Å². The Kier molecular flexibility index (Phi) is 3.37. The zero-order valence-electron chi connectivity index (χ0n) is 10.4. The molecule has 0 saturated heterocycles. The van der Waals surface area contributed by atoms with E-state index in [2.05, 4.69) is 35.5 Å². The summed E-state index contributed by atoms with van der Waals surface area (Å²) in [6.07, 6.45) is 5.49. The van der Waals surface area contributed by atoms with Crippen LogP contribution in [0, 0.1) is 0 Å². The molecule has 19 heavy (non-hydrogen) atoms. The first-order valence-corrected chi connectivity index (χ1v) is 6.08. The van der Waals surface area contributed by atoms with E-state index in [0.29, 0.717) is 0 Å². The van der Waals surface area contributed by atoms with Gasteiger partial charge in [0.15, 0.2) is 0 Å². The number of rotatable bonds is 6. The number of H-pyrrole nitrogens is 3. The Balaban J connectivity index is 1.70. The van der Waals surface area contributed by atoms with Crippen molar-refractivity contribution in [1.82, 2.24) is 35.5 Å². The van der Waals surface area contributed by atoms with Crippen LogP contribution < -0.4 is 0 Å². The van der Waals surface area contributed by atoms with Crippen molar-refractivity contribution < 1.29 is 0 Å². The Morgan fingerprint density at radius 2 is 1.05 bits per heavy atom. The van der Waals surface area contributed by atoms with Gasteiger partial charge in [0.2, 0.25) is 0 Å². The monoisotopic (exact) mass is 257 g/mol. The van der Waals surface area contributed by atoms with Crippen LogP contribution in [0.1, 0.15) is 17.1 Å². The van der Waals surface area contributed by atoms with E-state index in [9.17, 15) is 0 Å². The number of aromatic amines is 3. The molecule has 0 aliphatic heterocycles. The van der Waals surface area contributed by atoms with Gasteiger partial charge < -0.3 is 0 Å². The van der Waals surface area contributed by atoms with Crippen LogP contribution in [0.2, 0.25) is 0 Å². The van der Waals surface area contributed by atoms with Gasteiger partial charge in [-0.2, -0.15) is 15.3 Å². The Morgan fingerprint density at radius 1 is 0.684 bits per heavy atom. The lowest BCUT2D eigenvalue weighted by Gasteiger charge is -2.18. The number of aromatic nitrogens is 6. The van der Waals surface area contributed by atoms with Gasteiger partial charge in [-0.25, -0.2) is 0 Å².